The van der Waals surface area contributed by atoms with Crippen LogP contribution in [0.3, 0.4) is 0 Å². The number of amides is 2. The lowest BCUT2D eigenvalue weighted by Gasteiger charge is -2.16. The van der Waals surface area contributed by atoms with E-state index in [9.17, 15) is 22.8 Å². The van der Waals surface area contributed by atoms with E-state index < -0.39 is 23.2 Å². The van der Waals surface area contributed by atoms with Crippen LogP contribution in [0.15, 0.2) is 18.2 Å². The molecule has 4 nitrogen and oxygen atoms in total. The molecule has 119 valence electrons. The highest BCUT2D eigenvalue weighted by Crippen LogP contribution is 2.33. The van der Waals surface area contributed by atoms with E-state index in [0.717, 1.165) is 11.8 Å². The minimum absolute atomic E-state index is 0.0673. The van der Waals surface area contributed by atoms with Crippen molar-refractivity contribution in [2.45, 2.75) is 12.6 Å². The molecule has 0 spiro atoms. The molecule has 22 heavy (non-hydrogen) atoms. The number of carbonyl (C=O) groups excluding carboxylic acids is 2. The summed E-state index contributed by atoms with van der Waals surface area (Å²) in [7, 11) is 0. The number of nitrogens with zero attached hydrogens (tertiary/aromatic N) is 1. The van der Waals surface area contributed by atoms with E-state index in [-0.39, 0.29) is 17.9 Å². The van der Waals surface area contributed by atoms with E-state index in [2.05, 4.69) is 0 Å². The monoisotopic (exact) mass is 331 g/mol. The van der Waals surface area contributed by atoms with Crippen LogP contribution >= 0.6 is 11.8 Å². The van der Waals surface area contributed by atoms with E-state index in [1.165, 1.54) is 18.6 Å². The Balaban J connectivity index is 2.20. The quantitative estimate of drug-likeness (QED) is 0.919. The summed E-state index contributed by atoms with van der Waals surface area (Å²) in [5.74, 6) is 0.00865. The fourth-order valence-corrected chi connectivity index (χ4v) is 3.17. The molecule has 0 aliphatic carbocycles. The summed E-state index contributed by atoms with van der Waals surface area (Å²) < 4.78 is 38.8. The summed E-state index contributed by atoms with van der Waals surface area (Å²) in [5.41, 5.74) is 3.54. The molecule has 1 aliphatic heterocycles. The second-order valence-corrected chi connectivity index (χ2v) is 5.82. The Morgan fingerprint density at radius 2 is 2.09 bits per heavy atom. The van der Waals surface area contributed by atoms with Crippen molar-refractivity contribution in [2.75, 3.05) is 18.2 Å². The molecule has 0 bridgehead atoms. The van der Waals surface area contributed by atoms with Gasteiger partial charge in [0.15, 0.2) is 0 Å². The molecule has 1 radical (unpaired) electrons. The van der Waals surface area contributed by atoms with Gasteiger partial charge in [-0.3, -0.25) is 9.59 Å². The molecule has 1 aromatic carbocycles. The molecule has 1 heterocycles. The summed E-state index contributed by atoms with van der Waals surface area (Å²) in [4.78, 5) is 24.9. The molecule has 1 aromatic rings. The second-order valence-electron chi connectivity index (χ2n) is 4.75. The maximum Gasteiger partial charge on any atom is 0.417 e. The minimum Gasteiger partial charge on any atom is -0.366 e. The lowest BCUT2D eigenvalue weighted by atomic mass is 9.96. The molecule has 0 aromatic heterocycles. The number of hydrogen-bond acceptors (Lipinski definition) is 3. The van der Waals surface area contributed by atoms with Crippen molar-refractivity contribution >= 4 is 23.6 Å². The summed E-state index contributed by atoms with van der Waals surface area (Å²) in [6.07, 6.45) is -3.45. The molecule has 2 N–H and O–H groups in total. The normalized spacial score (nSPS) is 15.1. The third-order valence-electron chi connectivity index (χ3n) is 3.26. The number of alkyl halides is 3. The van der Waals surface area contributed by atoms with E-state index in [4.69, 9.17) is 5.73 Å². The van der Waals surface area contributed by atoms with Gasteiger partial charge in [-0.2, -0.15) is 13.2 Å². The van der Waals surface area contributed by atoms with Gasteiger partial charge in [0.25, 0.3) is 0 Å². The van der Waals surface area contributed by atoms with Gasteiger partial charge in [-0.15, -0.1) is 11.8 Å². The molecule has 0 unspecified atom stereocenters. The summed E-state index contributed by atoms with van der Waals surface area (Å²) >= 11 is 1.61. The maximum atomic E-state index is 12.9. The van der Waals surface area contributed by atoms with Crippen LogP contribution in [-0.2, 0) is 17.4 Å². The number of thioether (sulfide) groups is 1. The van der Waals surface area contributed by atoms with Crippen LogP contribution in [0, 0.1) is 6.42 Å². The molecular formula is C14H14F3N2O2S. The summed E-state index contributed by atoms with van der Waals surface area (Å²) in [6, 6.07) is 3.38. The fraction of sp³-hybridized carbons (Fsp3) is 0.357. The second kappa shape index (κ2) is 6.60. The van der Waals surface area contributed by atoms with Gasteiger partial charge in [0.1, 0.15) is 0 Å². The first kappa shape index (κ1) is 16.7. The average Bonchev–Trinajstić information content (AvgIpc) is 2.97. The molecule has 1 fully saturated rings. The highest BCUT2D eigenvalue weighted by atomic mass is 32.2. The molecule has 1 aliphatic rings. The van der Waals surface area contributed by atoms with Crippen LogP contribution in [0.5, 0.6) is 0 Å². The number of carbonyl (C=O) groups is 2. The molecule has 8 heteroatoms. The van der Waals surface area contributed by atoms with Crippen LogP contribution in [0.1, 0.15) is 21.5 Å². The molecule has 0 atom stereocenters. The Hall–Kier alpha value is -1.70. The number of benzene rings is 1. The van der Waals surface area contributed by atoms with E-state index in [0.29, 0.717) is 12.4 Å². The Morgan fingerprint density at radius 3 is 2.64 bits per heavy atom. The number of nitrogens with two attached hydrogens (primary N) is 1. The molecule has 2 amide bonds. The smallest absolute Gasteiger partial charge is 0.366 e. The average molecular weight is 331 g/mol. The number of halogens is 3. The first-order valence-corrected chi connectivity index (χ1v) is 7.65. The Labute approximate surface area is 129 Å². The number of hydrogen-bond donors (Lipinski definition) is 1. The standard InChI is InChI=1S/C14H14F3N2O2S/c15-14(16,17)10-3-1-2-9(12(10)13(18)21)4-5-11(20)19-6-7-22-8-19/h1-3,5H,4,6-8H2,(H2,18,21). The van der Waals surface area contributed by atoms with Gasteiger partial charge in [0.05, 0.1) is 23.4 Å². The highest BCUT2D eigenvalue weighted by Gasteiger charge is 2.35. The van der Waals surface area contributed by atoms with Crippen molar-refractivity contribution in [1.29, 1.82) is 0 Å². The summed E-state index contributed by atoms with van der Waals surface area (Å²) in [6.45, 7) is 0.616. The van der Waals surface area contributed by atoms with Crippen molar-refractivity contribution in [3.05, 3.63) is 41.3 Å². The zero-order valence-electron chi connectivity index (χ0n) is 11.5. The van der Waals surface area contributed by atoms with Crippen LogP contribution < -0.4 is 5.73 Å². The van der Waals surface area contributed by atoms with Crippen molar-refractivity contribution in [1.82, 2.24) is 4.90 Å². The molecular weight excluding hydrogens is 317 g/mol. The van der Waals surface area contributed by atoms with Crippen LogP contribution in [0.4, 0.5) is 13.2 Å². The lowest BCUT2D eigenvalue weighted by molar-refractivity contribution is -0.138. The fourth-order valence-electron chi connectivity index (χ4n) is 2.21. The number of primary amides is 1. The zero-order valence-corrected chi connectivity index (χ0v) is 12.3. The third-order valence-corrected chi connectivity index (χ3v) is 4.23. The van der Waals surface area contributed by atoms with E-state index in [1.54, 1.807) is 16.7 Å². The Kier molecular flexibility index (Phi) is 5.00. The first-order valence-electron chi connectivity index (χ1n) is 6.49. The number of rotatable bonds is 4. The Morgan fingerprint density at radius 1 is 1.36 bits per heavy atom. The van der Waals surface area contributed by atoms with Crippen molar-refractivity contribution in [2.24, 2.45) is 5.73 Å². The van der Waals surface area contributed by atoms with Crippen molar-refractivity contribution < 1.29 is 22.8 Å². The molecule has 0 saturated carbocycles. The van der Waals surface area contributed by atoms with Crippen molar-refractivity contribution in [3.63, 3.8) is 0 Å². The topological polar surface area (TPSA) is 63.4 Å². The first-order chi connectivity index (χ1) is 10.3. The van der Waals surface area contributed by atoms with Gasteiger partial charge in [-0.1, -0.05) is 12.1 Å². The van der Waals surface area contributed by atoms with Gasteiger partial charge in [0.2, 0.25) is 11.8 Å². The van der Waals surface area contributed by atoms with Crippen molar-refractivity contribution in [3.8, 4) is 0 Å². The van der Waals surface area contributed by atoms with Gasteiger partial charge >= 0.3 is 6.18 Å². The van der Waals surface area contributed by atoms with E-state index in [1.807, 2.05) is 0 Å². The lowest BCUT2D eigenvalue weighted by Crippen LogP contribution is -2.29. The van der Waals surface area contributed by atoms with E-state index >= 15 is 0 Å². The molecule has 2 rings (SSSR count). The summed E-state index contributed by atoms with van der Waals surface area (Å²) in [5, 5.41) is 0. The predicted octanol–water partition coefficient (Wildman–Crippen LogP) is 2.08. The van der Waals surface area contributed by atoms with Crippen LogP contribution in [-0.4, -0.2) is 34.9 Å². The Bertz CT molecular complexity index is 584. The highest BCUT2D eigenvalue weighted by molar-refractivity contribution is 7.99. The zero-order chi connectivity index (χ0) is 16.3. The predicted molar refractivity (Wildman–Crippen MR) is 77.0 cm³/mol. The maximum absolute atomic E-state index is 12.9. The van der Waals surface area contributed by atoms with Gasteiger partial charge < -0.3 is 10.6 Å². The molecule has 1 saturated heterocycles. The third kappa shape index (κ3) is 3.73. The van der Waals surface area contributed by atoms with Gasteiger partial charge in [-0.25, -0.2) is 0 Å². The SMILES string of the molecule is NC(=O)c1c(C[CH]C(=O)N2CCSC2)cccc1C(F)(F)F. The van der Waals surface area contributed by atoms with Gasteiger partial charge in [0, 0.05) is 12.3 Å². The van der Waals surface area contributed by atoms with Crippen LogP contribution in [0.2, 0.25) is 0 Å². The van der Waals surface area contributed by atoms with Crippen LogP contribution in [0.25, 0.3) is 0 Å². The largest absolute Gasteiger partial charge is 0.417 e. The van der Waals surface area contributed by atoms with Gasteiger partial charge in [-0.05, 0) is 18.1 Å². The minimum atomic E-state index is -4.67.